The summed E-state index contributed by atoms with van der Waals surface area (Å²) in [5, 5.41) is 3.32. The first kappa shape index (κ1) is 7.53. The van der Waals surface area contributed by atoms with Crippen molar-refractivity contribution in [3.63, 3.8) is 0 Å². The van der Waals surface area contributed by atoms with Gasteiger partial charge in [-0.2, -0.15) is 0 Å². The molecular weight excluding hydrogens is 142 g/mol. The Labute approximate surface area is 67.1 Å². The summed E-state index contributed by atoms with van der Waals surface area (Å²) in [5.41, 5.74) is 0. The molecule has 0 aromatic rings. The molecule has 0 spiro atoms. The summed E-state index contributed by atoms with van der Waals surface area (Å²) in [7, 11) is 1.73. The smallest absolute Gasteiger partial charge is 0.0817 e. The molecule has 3 atom stereocenters. The third-order valence-electron chi connectivity index (χ3n) is 2.56. The van der Waals surface area contributed by atoms with Crippen molar-refractivity contribution >= 4 is 0 Å². The van der Waals surface area contributed by atoms with Crippen LogP contribution in [0.15, 0.2) is 0 Å². The van der Waals surface area contributed by atoms with Gasteiger partial charge in [-0.05, 0) is 6.42 Å². The van der Waals surface area contributed by atoms with E-state index in [1.165, 1.54) is 6.42 Å². The van der Waals surface area contributed by atoms with Gasteiger partial charge in [0.25, 0.3) is 0 Å². The number of methoxy groups -OCH3 is 1. The van der Waals surface area contributed by atoms with Gasteiger partial charge in [0.2, 0.25) is 0 Å². The molecule has 0 radical (unpaired) electrons. The van der Waals surface area contributed by atoms with Crippen molar-refractivity contribution in [1.29, 1.82) is 0 Å². The van der Waals surface area contributed by atoms with E-state index in [0.717, 1.165) is 25.6 Å². The van der Waals surface area contributed by atoms with Crippen LogP contribution in [0, 0.1) is 5.92 Å². The first-order valence-electron chi connectivity index (χ1n) is 4.25. The van der Waals surface area contributed by atoms with Crippen LogP contribution in [0.4, 0.5) is 0 Å². The second-order valence-electron chi connectivity index (χ2n) is 3.41. The molecule has 2 heterocycles. The van der Waals surface area contributed by atoms with Gasteiger partial charge in [0.05, 0.1) is 18.8 Å². The SMILES string of the molecule is COC[C@H]1C[C@H]2CNC[C@H]2O1. The Bertz CT molecular complexity index is 128. The van der Waals surface area contributed by atoms with Crippen LogP contribution in [0.25, 0.3) is 0 Å². The fourth-order valence-electron chi connectivity index (χ4n) is 2.04. The Morgan fingerprint density at radius 1 is 1.55 bits per heavy atom. The van der Waals surface area contributed by atoms with E-state index in [9.17, 15) is 0 Å². The van der Waals surface area contributed by atoms with E-state index in [4.69, 9.17) is 9.47 Å². The molecule has 64 valence electrons. The second-order valence-corrected chi connectivity index (χ2v) is 3.41. The van der Waals surface area contributed by atoms with Gasteiger partial charge in [-0.25, -0.2) is 0 Å². The van der Waals surface area contributed by atoms with E-state index in [2.05, 4.69) is 5.32 Å². The highest BCUT2D eigenvalue weighted by atomic mass is 16.5. The Kier molecular flexibility index (Phi) is 2.11. The molecule has 3 nitrogen and oxygen atoms in total. The third-order valence-corrected chi connectivity index (χ3v) is 2.56. The van der Waals surface area contributed by atoms with Gasteiger partial charge in [-0.15, -0.1) is 0 Å². The van der Waals surface area contributed by atoms with Crippen LogP contribution >= 0.6 is 0 Å². The van der Waals surface area contributed by atoms with Gasteiger partial charge in [-0.3, -0.25) is 0 Å². The van der Waals surface area contributed by atoms with Crippen molar-refractivity contribution < 1.29 is 9.47 Å². The minimum absolute atomic E-state index is 0.358. The molecule has 1 N–H and O–H groups in total. The highest BCUT2D eigenvalue weighted by molar-refractivity contribution is 4.89. The molecular formula is C8H15NO2. The zero-order valence-corrected chi connectivity index (χ0v) is 6.88. The molecule has 0 unspecified atom stereocenters. The van der Waals surface area contributed by atoms with E-state index in [-0.39, 0.29) is 0 Å². The minimum Gasteiger partial charge on any atom is -0.382 e. The molecule has 2 aliphatic rings. The number of hydrogen-bond donors (Lipinski definition) is 1. The predicted molar refractivity (Wildman–Crippen MR) is 41.5 cm³/mol. The van der Waals surface area contributed by atoms with Gasteiger partial charge < -0.3 is 14.8 Å². The minimum atomic E-state index is 0.358. The van der Waals surface area contributed by atoms with Crippen LogP contribution in [0.1, 0.15) is 6.42 Å². The highest BCUT2D eigenvalue weighted by Gasteiger charge is 2.37. The summed E-state index contributed by atoms with van der Waals surface area (Å²) in [6, 6.07) is 0. The number of ether oxygens (including phenoxy) is 2. The lowest BCUT2D eigenvalue weighted by molar-refractivity contribution is 0.00116. The lowest BCUT2D eigenvalue weighted by Gasteiger charge is -2.10. The second kappa shape index (κ2) is 3.09. The molecule has 0 amide bonds. The van der Waals surface area contributed by atoms with E-state index in [1.807, 2.05) is 0 Å². The molecule has 2 aliphatic heterocycles. The largest absolute Gasteiger partial charge is 0.382 e. The molecule has 0 aromatic heterocycles. The Hall–Kier alpha value is -0.120. The average molecular weight is 157 g/mol. The predicted octanol–water partition coefficient (Wildman–Crippen LogP) is 0.00970. The van der Waals surface area contributed by atoms with E-state index >= 15 is 0 Å². The van der Waals surface area contributed by atoms with Crippen LogP contribution < -0.4 is 5.32 Å². The van der Waals surface area contributed by atoms with E-state index in [1.54, 1.807) is 7.11 Å². The van der Waals surface area contributed by atoms with Crippen molar-refractivity contribution in [2.24, 2.45) is 5.92 Å². The Morgan fingerprint density at radius 2 is 2.45 bits per heavy atom. The summed E-state index contributed by atoms with van der Waals surface area (Å²) >= 11 is 0. The monoisotopic (exact) mass is 157 g/mol. The standard InChI is InChI=1S/C8H15NO2/c1-10-5-7-2-6-3-9-4-8(6)11-7/h6-9H,2-5H2,1H3/t6-,7+,8+/m0/s1. The normalized spacial score (nSPS) is 42.8. The molecule has 2 fully saturated rings. The van der Waals surface area contributed by atoms with Crippen molar-refractivity contribution in [3.8, 4) is 0 Å². The molecule has 11 heavy (non-hydrogen) atoms. The maximum Gasteiger partial charge on any atom is 0.0817 e. The summed E-state index contributed by atoms with van der Waals surface area (Å²) in [6.07, 6.45) is 2.00. The summed E-state index contributed by atoms with van der Waals surface area (Å²) in [6.45, 7) is 2.92. The van der Waals surface area contributed by atoms with Crippen LogP contribution in [0.5, 0.6) is 0 Å². The number of hydrogen-bond acceptors (Lipinski definition) is 3. The molecule has 0 aliphatic carbocycles. The lowest BCUT2D eigenvalue weighted by atomic mass is 10.0. The molecule has 2 saturated heterocycles. The number of nitrogens with one attached hydrogen (secondary N) is 1. The van der Waals surface area contributed by atoms with Gasteiger partial charge in [0.1, 0.15) is 0 Å². The van der Waals surface area contributed by atoms with Gasteiger partial charge in [-0.1, -0.05) is 0 Å². The van der Waals surface area contributed by atoms with Crippen LogP contribution in [-0.2, 0) is 9.47 Å². The Morgan fingerprint density at radius 3 is 3.18 bits per heavy atom. The van der Waals surface area contributed by atoms with E-state index in [0.29, 0.717) is 12.2 Å². The summed E-state index contributed by atoms with van der Waals surface area (Å²) in [5.74, 6) is 0.746. The number of rotatable bonds is 2. The first-order chi connectivity index (χ1) is 5.40. The zero-order chi connectivity index (χ0) is 7.68. The van der Waals surface area contributed by atoms with Crippen molar-refractivity contribution in [2.75, 3.05) is 26.8 Å². The van der Waals surface area contributed by atoms with Crippen LogP contribution in [0.3, 0.4) is 0 Å². The quantitative estimate of drug-likeness (QED) is 0.612. The summed E-state index contributed by atoms with van der Waals surface area (Å²) in [4.78, 5) is 0. The number of fused-ring (bicyclic) bond motifs is 1. The zero-order valence-electron chi connectivity index (χ0n) is 6.88. The van der Waals surface area contributed by atoms with Gasteiger partial charge in [0, 0.05) is 26.1 Å². The van der Waals surface area contributed by atoms with Crippen molar-refractivity contribution in [1.82, 2.24) is 5.32 Å². The molecule has 0 aromatic carbocycles. The molecule has 0 saturated carbocycles. The maximum absolute atomic E-state index is 5.74. The molecule has 0 bridgehead atoms. The lowest BCUT2D eigenvalue weighted by Crippen LogP contribution is -2.21. The topological polar surface area (TPSA) is 30.5 Å². The van der Waals surface area contributed by atoms with Crippen LogP contribution in [-0.4, -0.2) is 39.0 Å². The maximum atomic E-state index is 5.74. The fraction of sp³-hybridized carbons (Fsp3) is 1.00. The molecule has 3 heteroatoms. The fourth-order valence-corrected chi connectivity index (χ4v) is 2.04. The van der Waals surface area contributed by atoms with Crippen molar-refractivity contribution in [3.05, 3.63) is 0 Å². The average Bonchev–Trinajstić information content (AvgIpc) is 2.46. The third kappa shape index (κ3) is 1.41. The van der Waals surface area contributed by atoms with Crippen LogP contribution in [0.2, 0.25) is 0 Å². The van der Waals surface area contributed by atoms with Gasteiger partial charge in [0.15, 0.2) is 0 Å². The molecule has 2 rings (SSSR count). The van der Waals surface area contributed by atoms with Gasteiger partial charge >= 0.3 is 0 Å². The van der Waals surface area contributed by atoms with E-state index < -0.39 is 0 Å². The van der Waals surface area contributed by atoms with Crippen molar-refractivity contribution in [2.45, 2.75) is 18.6 Å². The Balaban J connectivity index is 1.84. The highest BCUT2D eigenvalue weighted by Crippen LogP contribution is 2.28. The first-order valence-corrected chi connectivity index (χ1v) is 4.25. The summed E-state index contributed by atoms with van der Waals surface area (Å²) < 4.78 is 10.8.